The van der Waals surface area contributed by atoms with Gasteiger partial charge in [0.05, 0.1) is 11.4 Å². The second-order valence-electron chi connectivity index (χ2n) is 6.45. The smallest absolute Gasteiger partial charge is 0.269 e. The second-order valence-corrected chi connectivity index (χ2v) is 6.45. The van der Waals surface area contributed by atoms with Gasteiger partial charge >= 0.3 is 0 Å². The van der Waals surface area contributed by atoms with Crippen LogP contribution in [0.3, 0.4) is 0 Å². The van der Waals surface area contributed by atoms with Crippen molar-refractivity contribution in [3.05, 3.63) is 34.8 Å². The fourth-order valence-electron chi connectivity index (χ4n) is 3.27. The summed E-state index contributed by atoms with van der Waals surface area (Å²) in [6.45, 7) is 4.63. The van der Waals surface area contributed by atoms with Crippen molar-refractivity contribution < 1.29 is 4.79 Å². The number of H-pyrrole nitrogens is 1. The number of aryl methyl sites for hydroxylation is 2. The maximum atomic E-state index is 12.3. The van der Waals surface area contributed by atoms with Gasteiger partial charge in [-0.2, -0.15) is 10.2 Å². The Morgan fingerprint density at radius 3 is 2.88 bits per heavy atom. The number of hydrogen-bond donors (Lipinski definition) is 2. The van der Waals surface area contributed by atoms with E-state index >= 15 is 0 Å². The molecular formula is C18H25N5O. The summed E-state index contributed by atoms with van der Waals surface area (Å²) in [6.07, 6.45) is 8.17. The standard InChI is InChI=1S/C18H25N5O/c1-12-17(13(2)23(3)22-12)15-11-16(21-20-15)18(24)19-10-9-14-7-5-4-6-8-14/h7,11H,4-6,8-10H2,1-3H3,(H,19,24)(H,20,21). The van der Waals surface area contributed by atoms with Crippen molar-refractivity contribution in [2.75, 3.05) is 6.54 Å². The highest BCUT2D eigenvalue weighted by atomic mass is 16.1. The van der Waals surface area contributed by atoms with Gasteiger partial charge in [0, 0.05) is 24.8 Å². The molecule has 0 aromatic carbocycles. The maximum Gasteiger partial charge on any atom is 0.269 e. The predicted molar refractivity (Wildman–Crippen MR) is 93.8 cm³/mol. The molecule has 0 bridgehead atoms. The van der Waals surface area contributed by atoms with Crippen molar-refractivity contribution in [3.63, 3.8) is 0 Å². The van der Waals surface area contributed by atoms with E-state index in [1.54, 1.807) is 6.07 Å². The highest BCUT2D eigenvalue weighted by Crippen LogP contribution is 2.25. The zero-order valence-corrected chi connectivity index (χ0v) is 14.6. The third-order valence-corrected chi connectivity index (χ3v) is 4.70. The molecule has 0 unspecified atom stereocenters. The summed E-state index contributed by atoms with van der Waals surface area (Å²) < 4.78 is 1.83. The SMILES string of the molecule is Cc1nn(C)c(C)c1-c1cc(C(=O)NCCC2=CCCCC2)[nH]n1. The first-order valence-electron chi connectivity index (χ1n) is 8.58. The van der Waals surface area contributed by atoms with E-state index in [4.69, 9.17) is 0 Å². The Kier molecular flexibility index (Phi) is 4.83. The first kappa shape index (κ1) is 16.5. The fourth-order valence-corrected chi connectivity index (χ4v) is 3.27. The average molecular weight is 327 g/mol. The minimum Gasteiger partial charge on any atom is -0.350 e. The van der Waals surface area contributed by atoms with Crippen molar-refractivity contribution >= 4 is 5.91 Å². The van der Waals surface area contributed by atoms with Crippen LogP contribution < -0.4 is 5.32 Å². The normalized spacial score (nSPS) is 14.5. The van der Waals surface area contributed by atoms with Gasteiger partial charge in [-0.1, -0.05) is 11.6 Å². The lowest BCUT2D eigenvalue weighted by Gasteiger charge is -2.12. The third-order valence-electron chi connectivity index (χ3n) is 4.70. The van der Waals surface area contributed by atoms with E-state index in [1.807, 2.05) is 25.6 Å². The number of amides is 1. The molecule has 24 heavy (non-hydrogen) atoms. The van der Waals surface area contributed by atoms with E-state index in [-0.39, 0.29) is 5.91 Å². The molecule has 0 aliphatic heterocycles. The Morgan fingerprint density at radius 2 is 2.21 bits per heavy atom. The number of rotatable bonds is 5. The molecule has 2 aromatic rings. The lowest BCUT2D eigenvalue weighted by Crippen LogP contribution is -2.25. The molecule has 0 fully saturated rings. The van der Waals surface area contributed by atoms with Crippen molar-refractivity contribution in [1.29, 1.82) is 0 Å². The summed E-state index contributed by atoms with van der Waals surface area (Å²) in [5.41, 5.74) is 5.66. The van der Waals surface area contributed by atoms with Gasteiger partial charge in [0.2, 0.25) is 0 Å². The number of carbonyl (C=O) groups is 1. The summed E-state index contributed by atoms with van der Waals surface area (Å²) in [7, 11) is 1.91. The van der Waals surface area contributed by atoms with Gasteiger partial charge in [0.1, 0.15) is 5.69 Å². The second kappa shape index (κ2) is 7.03. The number of aromatic nitrogens is 4. The molecular weight excluding hydrogens is 302 g/mol. The summed E-state index contributed by atoms with van der Waals surface area (Å²) in [5.74, 6) is -0.107. The van der Waals surface area contributed by atoms with Crippen LogP contribution in [0.25, 0.3) is 11.3 Å². The third kappa shape index (κ3) is 3.42. The Morgan fingerprint density at radius 1 is 1.38 bits per heavy atom. The number of allylic oxidation sites excluding steroid dienone is 1. The molecule has 1 aliphatic carbocycles. The number of carbonyl (C=O) groups excluding carboxylic acids is 1. The van der Waals surface area contributed by atoms with E-state index in [9.17, 15) is 4.79 Å². The predicted octanol–water partition coefficient (Wildman–Crippen LogP) is 3.05. The van der Waals surface area contributed by atoms with Gasteiger partial charge in [-0.15, -0.1) is 0 Å². The molecule has 6 heteroatoms. The Balaban J connectivity index is 1.62. The van der Waals surface area contributed by atoms with E-state index in [0.717, 1.165) is 29.1 Å². The van der Waals surface area contributed by atoms with Crippen LogP contribution in [0.4, 0.5) is 0 Å². The van der Waals surface area contributed by atoms with Crippen LogP contribution in [0.2, 0.25) is 0 Å². The topological polar surface area (TPSA) is 75.6 Å². The highest BCUT2D eigenvalue weighted by molar-refractivity contribution is 5.93. The fraction of sp³-hybridized carbons (Fsp3) is 0.500. The molecule has 1 aliphatic rings. The number of hydrogen-bond acceptors (Lipinski definition) is 3. The van der Waals surface area contributed by atoms with Crippen molar-refractivity contribution in [3.8, 4) is 11.3 Å². The molecule has 0 saturated carbocycles. The van der Waals surface area contributed by atoms with E-state index in [0.29, 0.717) is 12.2 Å². The molecule has 0 atom stereocenters. The minimum absolute atomic E-state index is 0.107. The molecule has 1 amide bonds. The summed E-state index contributed by atoms with van der Waals surface area (Å²) >= 11 is 0. The maximum absolute atomic E-state index is 12.3. The van der Waals surface area contributed by atoms with Crippen LogP contribution >= 0.6 is 0 Å². The van der Waals surface area contributed by atoms with Crippen molar-refractivity contribution in [1.82, 2.24) is 25.3 Å². The quantitative estimate of drug-likeness (QED) is 0.829. The first-order chi connectivity index (χ1) is 11.6. The lowest BCUT2D eigenvalue weighted by molar-refractivity contribution is 0.0949. The van der Waals surface area contributed by atoms with Crippen LogP contribution in [0.1, 0.15) is 54.0 Å². The van der Waals surface area contributed by atoms with E-state index in [1.165, 1.54) is 31.3 Å². The molecule has 0 spiro atoms. The van der Waals surface area contributed by atoms with Gasteiger partial charge in [-0.3, -0.25) is 14.6 Å². The molecule has 128 valence electrons. The van der Waals surface area contributed by atoms with E-state index in [2.05, 4.69) is 26.7 Å². The van der Waals surface area contributed by atoms with Crippen LogP contribution in [0.15, 0.2) is 17.7 Å². The monoisotopic (exact) mass is 327 g/mol. The van der Waals surface area contributed by atoms with Crippen molar-refractivity contribution in [2.45, 2.75) is 46.0 Å². The Labute approximate surface area is 142 Å². The lowest BCUT2D eigenvalue weighted by atomic mass is 9.97. The minimum atomic E-state index is -0.107. The van der Waals surface area contributed by atoms with Crippen LogP contribution in [-0.2, 0) is 7.05 Å². The Hall–Kier alpha value is -2.37. The molecule has 3 rings (SSSR count). The van der Waals surface area contributed by atoms with Gasteiger partial charge < -0.3 is 5.32 Å². The first-order valence-corrected chi connectivity index (χ1v) is 8.58. The Bertz CT molecular complexity index is 768. The largest absolute Gasteiger partial charge is 0.350 e. The zero-order valence-electron chi connectivity index (χ0n) is 14.6. The molecule has 2 N–H and O–H groups in total. The van der Waals surface area contributed by atoms with E-state index < -0.39 is 0 Å². The number of nitrogens with zero attached hydrogens (tertiary/aromatic N) is 3. The number of nitrogens with one attached hydrogen (secondary N) is 2. The molecule has 0 radical (unpaired) electrons. The molecule has 6 nitrogen and oxygen atoms in total. The van der Waals surface area contributed by atoms with Crippen LogP contribution in [-0.4, -0.2) is 32.4 Å². The van der Waals surface area contributed by atoms with Crippen LogP contribution in [0, 0.1) is 13.8 Å². The average Bonchev–Trinajstić information content (AvgIpc) is 3.14. The molecule has 0 saturated heterocycles. The molecule has 2 aromatic heterocycles. The van der Waals surface area contributed by atoms with Gasteiger partial charge in [0.15, 0.2) is 0 Å². The number of aromatic amines is 1. The van der Waals surface area contributed by atoms with Gasteiger partial charge in [0.25, 0.3) is 5.91 Å². The van der Waals surface area contributed by atoms with Crippen molar-refractivity contribution in [2.24, 2.45) is 7.05 Å². The molecule has 2 heterocycles. The summed E-state index contributed by atoms with van der Waals surface area (Å²) in [6, 6.07) is 1.80. The van der Waals surface area contributed by atoms with Gasteiger partial charge in [-0.05, 0) is 52.0 Å². The highest BCUT2D eigenvalue weighted by Gasteiger charge is 2.17. The summed E-state index contributed by atoms with van der Waals surface area (Å²) in [5, 5.41) is 14.5. The van der Waals surface area contributed by atoms with Crippen LogP contribution in [0.5, 0.6) is 0 Å². The van der Waals surface area contributed by atoms with Gasteiger partial charge in [-0.25, -0.2) is 0 Å². The zero-order chi connectivity index (χ0) is 17.1. The summed E-state index contributed by atoms with van der Waals surface area (Å²) in [4.78, 5) is 12.3.